The number of rotatable bonds is 0. The van der Waals surface area contributed by atoms with E-state index in [2.05, 4.69) is 0 Å². The number of fused-ring (bicyclic) bond motifs is 2. The fourth-order valence-corrected chi connectivity index (χ4v) is 4.69. The number of aliphatic hydroxyl groups excluding tert-OH is 2. The lowest BCUT2D eigenvalue weighted by Gasteiger charge is -2.28. The number of phosphoric acid groups is 2. The van der Waals surface area contributed by atoms with Crippen LogP contribution in [0.5, 0.6) is 0 Å². The number of aliphatic hydroxyl groups is 2. The van der Waals surface area contributed by atoms with Gasteiger partial charge in [-0.2, -0.15) is 0 Å². The highest BCUT2D eigenvalue weighted by Crippen LogP contribution is 2.51. The zero-order chi connectivity index (χ0) is 19.3. The molecular weight excluding hydrogens is 396 g/mol. The number of ether oxygens (including phenoxy) is 2. The molecule has 0 spiro atoms. The second kappa shape index (κ2) is 7.55. The van der Waals surface area contributed by atoms with Crippen molar-refractivity contribution in [2.45, 2.75) is 48.6 Å². The monoisotopic (exact) mass is 412 g/mol. The zero-order valence-electron chi connectivity index (χ0n) is 13.1. The van der Waals surface area contributed by atoms with Crippen molar-refractivity contribution in [3.8, 4) is 0 Å². The maximum Gasteiger partial charge on any atom is 0.472 e. The Bertz CT molecular complexity index is 571. The van der Waals surface area contributed by atoms with Gasteiger partial charge in [0.2, 0.25) is 0 Å². The molecule has 4 N–H and O–H groups in total. The van der Waals surface area contributed by atoms with Gasteiger partial charge in [0.25, 0.3) is 0 Å². The maximum absolute atomic E-state index is 12.1. The minimum Gasteiger partial charge on any atom is -0.388 e. The second-order valence-corrected chi connectivity index (χ2v) is 8.74. The Kier molecular flexibility index (Phi) is 6.07. The molecular formula is C10H16B2O12P2. The average Bonchev–Trinajstić information content (AvgIpc) is 2.95. The second-order valence-electron chi connectivity index (χ2n) is 5.93. The van der Waals surface area contributed by atoms with Gasteiger partial charge in [-0.05, 0) is 0 Å². The third-order valence-corrected chi connectivity index (χ3v) is 6.03. The van der Waals surface area contributed by atoms with Gasteiger partial charge in [0.15, 0.2) is 0 Å². The Morgan fingerprint density at radius 2 is 1.12 bits per heavy atom. The van der Waals surface area contributed by atoms with E-state index in [1.165, 1.54) is 0 Å². The summed E-state index contributed by atoms with van der Waals surface area (Å²) in [6.07, 6.45) is -8.55. The Morgan fingerprint density at radius 1 is 0.769 bits per heavy atom. The van der Waals surface area contributed by atoms with Gasteiger partial charge in [0, 0.05) is 12.0 Å². The van der Waals surface area contributed by atoms with Crippen molar-refractivity contribution >= 4 is 31.3 Å². The number of phosphoric ester groups is 2. The van der Waals surface area contributed by atoms with Crippen molar-refractivity contribution in [3.63, 3.8) is 0 Å². The molecule has 3 fully saturated rings. The van der Waals surface area contributed by atoms with Crippen molar-refractivity contribution in [1.29, 1.82) is 0 Å². The van der Waals surface area contributed by atoms with Crippen LogP contribution < -0.4 is 0 Å². The molecule has 0 aromatic carbocycles. The van der Waals surface area contributed by atoms with Crippen molar-refractivity contribution in [1.82, 2.24) is 0 Å². The summed E-state index contributed by atoms with van der Waals surface area (Å²) in [5.74, 6) is 0. The molecule has 0 saturated carbocycles. The molecule has 0 amide bonds. The van der Waals surface area contributed by atoms with Gasteiger partial charge < -0.3 is 29.5 Å². The van der Waals surface area contributed by atoms with Crippen LogP contribution in [0, 0.1) is 0 Å². The summed E-state index contributed by atoms with van der Waals surface area (Å²) in [6.45, 7) is -1.35. The van der Waals surface area contributed by atoms with Crippen molar-refractivity contribution < 1.29 is 56.7 Å². The van der Waals surface area contributed by atoms with E-state index in [0.29, 0.717) is 0 Å². The highest BCUT2D eigenvalue weighted by molar-refractivity contribution is 7.47. The molecule has 0 aliphatic carbocycles. The van der Waals surface area contributed by atoms with Gasteiger partial charge in [-0.15, -0.1) is 0 Å². The smallest absolute Gasteiger partial charge is 0.388 e. The lowest BCUT2D eigenvalue weighted by molar-refractivity contribution is -0.0489. The first kappa shape index (κ1) is 20.9. The predicted octanol–water partition coefficient (Wildman–Crippen LogP) is -2.49. The molecule has 0 aromatic heterocycles. The molecule has 3 saturated heterocycles. The topological polar surface area (TPSA) is 170 Å². The van der Waals surface area contributed by atoms with E-state index < -0.39 is 77.5 Å². The minimum absolute atomic E-state index is 0.677. The van der Waals surface area contributed by atoms with Gasteiger partial charge in [0.05, 0.1) is 13.2 Å². The third-order valence-electron chi connectivity index (χ3n) is 4.06. The largest absolute Gasteiger partial charge is 0.472 e. The van der Waals surface area contributed by atoms with Crippen molar-refractivity contribution in [2.24, 2.45) is 0 Å². The molecule has 16 heteroatoms. The minimum atomic E-state index is -4.73. The fraction of sp³-hybridized carbons (Fsp3) is 1.00. The Hall–Kier alpha value is 0.190. The van der Waals surface area contributed by atoms with Crippen LogP contribution in [0.3, 0.4) is 0 Å². The summed E-state index contributed by atoms with van der Waals surface area (Å²) in [7, 11) is 1.52. The van der Waals surface area contributed by atoms with Crippen molar-refractivity contribution in [3.05, 3.63) is 0 Å². The van der Waals surface area contributed by atoms with E-state index in [-0.39, 0.29) is 0 Å². The molecule has 26 heavy (non-hydrogen) atoms. The summed E-state index contributed by atoms with van der Waals surface area (Å²) < 4.78 is 53.7. The molecule has 3 aliphatic heterocycles. The van der Waals surface area contributed by atoms with E-state index >= 15 is 0 Å². The van der Waals surface area contributed by atoms with Crippen LogP contribution in [-0.2, 0) is 36.7 Å². The maximum atomic E-state index is 12.1. The number of hydrogen-bond acceptors (Lipinski definition) is 10. The molecule has 0 bridgehead atoms. The first-order chi connectivity index (χ1) is 12.0. The lowest BCUT2D eigenvalue weighted by Crippen LogP contribution is -2.39. The summed E-state index contributed by atoms with van der Waals surface area (Å²) in [6, 6.07) is -2.58. The van der Waals surface area contributed by atoms with E-state index in [1.54, 1.807) is 0 Å². The molecule has 4 radical (unpaired) electrons. The predicted molar refractivity (Wildman–Crippen MR) is 82.1 cm³/mol. The molecule has 4 unspecified atom stereocenters. The summed E-state index contributed by atoms with van der Waals surface area (Å²) in [4.78, 5) is 19.7. The van der Waals surface area contributed by atoms with E-state index in [0.717, 1.165) is 0 Å². The van der Waals surface area contributed by atoms with E-state index in [1.807, 2.05) is 0 Å². The SMILES string of the molecule is [B][C@@H]1O[C@@H]2COP(=O)(O)OC3[C@@H](COP(=O)(O)O[C@@H]2C1O)O[C@@H]([B])[C@H]3O. The summed E-state index contributed by atoms with van der Waals surface area (Å²) in [5.41, 5.74) is 0. The average molecular weight is 412 g/mol. The summed E-state index contributed by atoms with van der Waals surface area (Å²) in [5, 5.41) is 19.8. The lowest BCUT2D eigenvalue weighted by atomic mass is 9.93. The first-order valence-corrected chi connectivity index (χ1v) is 10.5. The molecule has 144 valence electrons. The van der Waals surface area contributed by atoms with Gasteiger partial charge in [-0.3, -0.25) is 18.1 Å². The van der Waals surface area contributed by atoms with Crippen LogP contribution in [0.1, 0.15) is 0 Å². The van der Waals surface area contributed by atoms with Gasteiger partial charge in [-0.1, -0.05) is 0 Å². The highest BCUT2D eigenvalue weighted by atomic mass is 31.2. The molecule has 3 rings (SSSR count). The summed E-state index contributed by atoms with van der Waals surface area (Å²) >= 11 is 0. The Balaban J connectivity index is 1.85. The molecule has 10 atom stereocenters. The van der Waals surface area contributed by atoms with Crippen LogP contribution in [0.15, 0.2) is 0 Å². The van der Waals surface area contributed by atoms with Gasteiger partial charge in [0.1, 0.15) is 52.3 Å². The van der Waals surface area contributed by atoms with Crippen LogP contribution in [0.25, 0.3) is 0 Å². The van der Waals surface area contributed by atoms with Crippen molar-refractivity contribution in [2.75, 3.05) is 13.2 Å². The Labute approximate surface area is 150 Å². The molecule has 0 aromatic rings. The quantitative estimate of drug-likeness (QED) is 0.244. The van der Waals surface area contributed by atoms with Gasteiger partial charge >= 0.3 is 15.6 Å². The van der Waals surface area contributed by atoms with Crippen LogP contribution in [-0.4, -0.2) is 97.5 Å². The zero-order valence-corrected chi connectivity index (χ0v) is 14.9. The standard InChI is InChI=1S/C10H16B2O12P2/c11-9-5(13)7-3(21-9)1-19-25(15,16)24-8-4(22-10(12)6(8)14)2-20-26(17,18)23-7/h3-10,13-14H,1-2H2,(H,15,16)(H,17,18)/t3-,4-,5+,6?,7?,8+,9-,10-/m1/s1. The van der Waals surface area contributed by atoms with Crippen LogP contribution >= 0.6 is 15.6 Å². The third kappa shape index (κ3) is 4.43. The molecule has 3 aliphatic rings. The van der Waals surface area contributed by atoms with E-state index in [4.69, 9.17) is 43.3 Å². The molecule has 3 heterocycles. The first-order valence-electron chi connectivity index (χ1n) is 7.49. The Morgan fingerprint density at radius 3 is 1.46 bits per heavy atom. The number of hydrogen-bond donors (Lipinski definition) is 4. The molecule has 12 nitrogen and oxygen atoms in total. The van der Waals surface area contributed by atoms with Crippen LogP contribution in [0.4, 0.5) is 0 Å². The fourth-order valence-electron chi connectivity index (χ4n) is 2.77. The van der Waals surface area contributed by atoms with E-state index in [9.17, 15) is 29.1 Å². The normalized spacial score (nSPS) is 56.2. The highest BCUT2D eigenvalue weighted by Gasteiger charge is 2.50. The van der Waals surface area contributed by atoms with Gasteiger partial charge in [-0.25, -0.2) is 9.13 Å². The van der Waals surface area contributed by atoms with Crippen LogP contribution in [0.2, 0.25) is 0 Å².